The third kappa shape index (κ3) is 3.61. The summed E-state index contributed by atoms with van der Waals surface area (Å²) in [6.07, 6.45) is 0. The van der Waals surface area contributed by atoms with Crippen molar-refractivity contribution >= 4 is 17.3 Å². The van der Waals surface area contributed by atoms with Gasteiger partial charge in [0.15, 0.2) is 0 Å². The summed E-state index contributed by atoms with van der Waals surface area (Å²) in [5.41, 5.74) is 1.41. The molecule has 6 heteroatoms. The molecule has 0 fully saturated rings. The van der Waals surface area contributed by atoms with Crippen LogP contribution < -0.4 is 0 Å². The molecule has 1 heterocycles. The molecule has 0 bridgehead atoms. The quantitative estimate of drug-likeness (QED) is 0.921. The van der Waals surface area contributed by atoms with Crippen molar-refractivity contribution in [3.63, 3.8) is 0 Å². The van der Waals surface area contributed by atoms with Crippen LogP contribution in [0.4, 0.5) is 4.39 Å². The van der Waals surface area contributed by atoms with Crippen molar-refractivity contribution in [1.29, 1.82) is 0 Å². The van der Waals surface area contributed by atoms with Gasteiger partial charge in [0.05, 0.1) is 16.3 Å². The van der Waals surface area contributed by atoms with Gasteiger partial charge in [-0.15, -0.1) is 11.3 Å². The molecule has 0 spiro atoms. The Kier molecular flexibility index (Phi) is 4.46. The first-order chi connectivity index (χ1) is 9.45. The fraction of sp³-hybridized carbons (Fsp3) is 0.286. The van der Waals surface area contributed by atoms with Gasteiger partial charge in [-0.25, -0.2) is 14.2 Å². The van der Waals surface area contributed by atoms with Crippen molar-refractivity contribution in [2.24, 2.45) is 0 Å². The van der Waals surface area contributed by atoms with Crippen molar-refractivity contribution in [1.82, 2.24) is 9.88 Å². The molecule has 0 unspecified atom stereocenters. The molecular weight excluding hydrogens is 279 g/mol. The van der Waals surface area contributed by atoms with E-state index in [4.69, 9.17) is 5.11 Å². The highest BCUT2D eigenvalue weighted by Crippen LogP contribution is 2.15. The Morgan fingerprint density at radius 3 is 2.80 bits per heavy atom. The molecule has 0 saturated carbocycles. The van der Waals surface area contributed by atoms with E-state index in [0.717, 1.165) is 10.7 Å². The molecule has 20 heavy (non-hydrogen) atoms. The number of carboxylic acid groups (broad SMARTS) is 1. The van der Waals surface area contributed by atoms with E-state index in [1.807, 2.05) is 24.3 Å². The first-order valence-electron chi connectivity index (χ1n) is 6.07. The highest BCUT2D eigenvalue weighted by molar-refractivity contribution is 7.09. The Balaban J connectivity index is 2.08. The third-order valence-electron chi connectivity index (χ3n) is 2.83. The van der Waals surface area contributed by atoms with Gasteiger partial charge in [0.2, 0.25) is 0 Å². The fourth-order valence-corrected chi connectivity index (χ4v) is 2.54. The lowest BCUT2D eigenvalue weighted by atomic mass is 10.1. The zero-order chi connectivity index (χ0) is 14.7. The van der Waals surface area contributed by atoms with E-state index < -0.39 is 11.8 Å². The Labute approximate surface area is 120 Å². The maximum Gasteiger partial charge on any atom is 0.335 e. The monoisotopic (exact) mass is 294 g/mol. The summed E-state index contributed by atoms with van der Waals surface area (Å²) in [6.45, 7) is 2.87. The van der Waals surface area contributed by atoms with Crippen LogP contribution in [0.5, 0.6) is 0 Å². The number of halogens is 1. The van der Waals surface area contributed by atoms with Gasteiger partial charge in [-0.2, -0.15) is 0 Å². The van der Waals surface area contributed by atoms with Crippen LogP contribution in [0.15, 0.2) is 23.6 Å². The van der Waals surface area contributed by atoms with E-state index in [0.29, 0.717) is 18.7 Å². The molecular formula is C14H15FN2O2S. The number of carbonyl (C=O) groups is 1. The molecule has 106 valence electrons. The molecule has 0 atom stereocenters. The van der Waals surface area contributed by atoms with Crippen LogP contribution in [0.25, 0.3) is 0 Å². The number of hydrogen-bond donors (Lipinski definition) is 1. The van der Waals surface area contributed by atoms with Gasteiger partial charge in [0, 0.05) is 24.0 Å². The van der Waals surface area contributed by atoms with Gasteiger partial charge in [-0.3, -0.25) is 4.90 Å². The standard InChI is InChI=1S/C14H15FN2O2S/c1-9-16-12(8-20-9)7-17(2)6-11-5-10(14(18)19)3-4-13(11)15/h3-5,8H,6-7H2,1-2H3,(H,18,19). The van der Waals surface area contributed by atoms with Crippen molar-refractivity contribution in [2.75, 3.05) is 7.05 Å². The molecule has 0 amide bonds. The summed E-state index contributed by atoms with van der Waals surface area (Å²) in [6, 6.07) is 3.84. The number of carboxylic acids is 1. The fourth-order valence-electron chi connectivity index (χ4n) is 1.93. The van der Waals surface area contributed by atoms with Crippen LogP contribution in [0.1, 0.15) is 26.6 Å². The van der Waals surface area contributed by atoms with Gasteiger partial charge in [-0.05, 0) is 32.2 Å². The topological polar surface area (TPSA) is 53.4 Å². The number of thiazole rings is 1. The molecule has 1 aromatic carbocycles. The molecule has 0 saturated heterocycles. The maximum absolute atomic E-state index is 13.7. The molecule has 1 N–H and O–H groups in total. The molecule has 0 aliphatic heterocycles. The van der Waals surface area contributed by atoms with Crippen molar-refractivity contribution in [2.45, 2.75) is 20.0 Å². The largest absolute Gasteiger partial charge is 0.478 e. The second-order valence-corrected chi connectivity index (χ2v) is 5.70. The summed E-state index contributed by atoms with van der Waals surface area (Å²) in [7, 11) is 1.85. The van der Waals surface area contributed by atoms with Crippen molar-refractivity contribution in [3.8, 4) is 0 Å². The lowest BCUT2D eigenvalue weighted by molar-refractivity contribution is 0.0696. The number of rotatable bonds is 5. The number of benzene rings is 1. The van der Waals surface area contributed by atoms with E-state index in [1.54, 1.807) is 11.3 Å². The zero-order valence-corrected chi connectivity index (χ0v) is 12.1. The zero-order valence-electron chi connectivity index (χ0n) is 11.3. The molecule has 2 aromatic rings. The van der Waals surface area contributed by atoms with Crippen LogP contribution in [0, 0.1) is 12.7 Å². The minimum atomic E-state index is -1.05. The third-order valence-corrected chi connectivity index (χ3v) is 3.65. The molecule has 0 aliphatic carbocycles. The first-order valence-corrected chi connectivity index (χ1v) is 6.95. The summed E-state index contributed by atoms with van der Waals surface area (Å²) in [5.74, 6) is -1.44. The van der Waals surface area contributed by atoms with Gasteiger partial charge in [0.25, 0.3) is 0 Å². The summed E-state index contributed by atoms with van der Waals surface area (Å²) in [5, 5.41) is 11.9. The Hall–Kier alpha value is -1.79. The normalized spacial score (nSPS) is 11.0. The van der Waals surface area contributed by atoms with Gasteiger partial charge in [-0.1, -0.05) is 0 Å². The second-order valence-electron chi connectivity index (χ2n) is 4.64. The summed E-state index contributed by atoms with van der Waals surface area (Å²) >= 11 is 1.57. The Bertz CT molecular complexity index is 627. The first kappa shape index (κ1) is 14.6. The minimum Gasteiger partial charge on any atom is -0.478 e. The number of aromatic carboxylic acids is 1. The van der Waals surface area contributed by atoms with Gasteiger partial charge in [0.1, 0.15) is 5.82 Å². The number of nitrogens with zero attached hydrogens (tertiary/aromatic N) is 2. The van der Waals surface area contributed by atoms with Crippen LogP contribution in [0.2, 0.25) is 0 Å². The van der Waals surface area contributed by atoms with E-state index in [2.05, 4.69) is 4.98 Å². The van der Waals surface area contributed by atoms with E-state index >= 15 is 0 Å². The number of aromatic nitrogens is 1. The number of aryl methyl sites for hydroxylation is 1. The lowest BCUT2D eigenvalue weighted by Crippen LogP contribution is -2.18. The number of hydrogen-bond acceptors (Lipinski definition) is 4. The van der Waals surface area contributed by atoms with E-state index in [1.165, 1.54) is 18.2 Å². The Morgan fingerprint density at radius 2 is 2.20 bits per heavy atom. The predicted octanol–water partition coefficient (Wildman–Crippen LogP) is 2.92. The lowest BCUT2D eigenvalue weighted by Gasteiger charge is -2.16. The molecule has 0 radical (unpaired) electrons. The molecule has 1 aromatic heterocycles. The van der Waals surface area contributed by atoms with Crippen molar-refractivity contribution in [3.05, 3.63) is 51.2 Å². The van der Waals surface area contributed by atoms with Crippen LogP contribution in [-0.2, 0) is 13.1 Å². The van der Waals surface area contributed by atoms with Gasteiger partial charge < -0.3 is 5.11 Å². The Morgan fingerprint density at radius 1 is 1.45 bits per heavy atom. The van der Waals surface area contributed by atoms with E-state index in [9.17, 15) is 9.18 Å². The van der Waals surface area contributed by atoms with Gasteiger partial charge >= 0.3 is 5.97 Å². The maximum atomic E-state index is 13.7. The predicted molar refractivity (Wildman–Crippen MR) is 75.4 cm³/mol. The average Bonchev–Trinajstić information content (AvgIpc) is 2.77. The average molecular weight is 294 g/mol. The second kappa shape index (κ2) is 6.11. The van der Waals surface area contributed by atoms with E-state index in [-0.39, 0.29) is 5.56 Å². The van der Waals surface area contributed by atoms with Crippen LogP contribution >= 0.6 is 11.3 Å². The van der Waals surface area contributed by atoms with Crippen LogP contribution in [0.3, 0.4) is 0 Å². The molecule has 0 aliphatic rings. The van der Waals surface area contributed by atoms with Crippen LogP contribution in [-0.4, -0.2) is 28.0 Å². The SMILES string of the molecule is Cc1nc(CN(C)Cc2cc(C(=O)O)ccc2F)cs1. The summed E-state index contributed by atoms with van der Waals surface area (Å²) < 4.78 is 13.7. The molecule has 2 rings (SSSR count). The minimum absolute atomic E-state index is 0.0966. The van der Waals surface area contributed by atoms with Crippen molar-refractivity contribution < 1.29 is 14.3 Å². The highest BCUT2D eigenvalue weighted by atomic mass is 32.1. The smallest absolute Gasteiger partial charge is 0.335 e. The molecule has 4 nitrogen and oxygen atoms in total. The highest BCUT2D eigenvalue weighted by Gasteiger charge is 2.11. The summed E-state index contributed by atoms with van der Waals surface area (Å²) in [4.78, 5) is 17.2.